The maximum atomic E-state index is 5.76. The zero-order chi connectivity index (χ0) is 13.9. The second-order valence-electron chi connectivity index (χ2n) is 4.22. The lowest BCUT2D eigenvalue weighted by Crippen LogP contribution is -2.07. The van der Waals surface area contributed by atoms with Crippen molar-refractivity contribution in [2.45, 2.75) is 33.2 Å². The van der Waals surface area contributed by atoms with E-state index in [2.05, 4.69) is 6.92 Å². The van der Waals surface area contributed by atoms with Gasteiger partial charge in [0.2, 0.25) is 0 Å². The van der Waals surface area contributed by atoms with Crippen molar-refractivity contribution in [3.8, 4) is 11.5 Å². The molecule has 108 valence electrons. The summed E-state index contributed by atoms with van der Waals surface area (Å²) >= 11 is 0. The van der Waals surface area contributed by atoms with Gasteiger partial charge in [0.25, 0.3) is 0 Å². The van der Waals surface area contributed by atoms with Gasteiger partial charge in [0.1, 0.15) is 11.5 Å². The second-order valence-corrected chi connectivity index (χ2v) is 4.22. The number of nitrogens with two attached hydrogens (primary N) is 1. The van der Waals surface area contributed by atoms with Crippen molar-refractivity contribution in [3.63, 3.8) is 0 Å². The fraction of sp³-hybridized carbons (Fsp3) is 0.600. The minimum absolute atomic E-state index is 0.467. The zero-order valence-electron chi connectivity index (χ0n) is 12.0. The molecule has 0 radical (unpaired) electrons. The second kappa shape index (κ2) is 9.64. The van der Waals surface area contributed by atoms with Crippen LogP contribution in [0.15, 0.2) is 18.2 Å². The van der Waals surface area contributed by atoms with Crippen LogP contribution in [0.4, 0.5) is 0 Å². The molecule has 0 bridgehead atoms. The van der Waals surface area contributed by atoms with Crippen LogP contribution in [-0.4, -0.2) is 26.4 Å². The summed E-state index contributed by atoms with van der Waals surface area (Å²) in [6.07, 6.45) is 1.86. The molecule has 0 aliphatic heterocycles. The molecule has 4 nitrogen and oxygen atoms in total. The van der Waals surface area contributed by atoms with E-state index in [0.29, 0.717) is 19.8 Å². The Bertz CT molecular complexity index is 355. The van der Waals surface area contributed by atoms with E-state index in [9.17, 15) is 0 Å². The van der Waals surface area contributed by atoms with E-state index in [0.717, 1.165) is 43.1 Å². The molecule has 2 N–H and O–H groups in total. The predicted molar refractivity (Wildman–Crippen MR) is 76.7 cm³/mol. The van der Waals surface area contributed by atoms with Crippen molar-refractivity contribution in [1.82, 2.24) is 0 Å². The van der Waals surface area contributed by atoms with Gasteiger partial charge in [-0.15, -0.1) is 0 Å². The molecule has 0 spiro atoms. The van der Waals surface area contributed by atoms with Gasteiger partial charge < -0.3 is 19.9 Å². The lowest BCUT2D eigenvalue weighted by atomic mass is 10.2. The Morgan fingerprint density at radius 3 is 2.58 bits per heavy atom. The number of benzene rings is 1. The van der Waals surface area contributed by atoms with Gasteiger partial charge in [0, 0.05) is 37.8 Å². The molecule has 1 aromatic carbocycles. The predicted octanol–water partition coefficient (Wildman–Crippen LogP) is 2.74. The summed E-state index contributed by atoms with van der Waals surface area (Å²) in [6.45, 7) is 7.35. The molecule has 1 rings (SSSR count). The van der Waals surface area contributed by atoms with Crippen molar-refractivity contribution in [3.05, 3.63) is 23.8 Å². The van der Waals surface area contributed by atoms with Crippen molar-refractivity contribution in [2.75, 3.05) is 26.4 Å². The molecule has 0 aliphatic rings. The van der Waals surface area contributed by atoms with Gasteiger partial charge >= 0.3 is 0 Å². The lowest BCUT2D eigenvalue weighted by molar-refractivity contribution is 0.130. The standard InChI is InChI=1S/C15H25NO3/c1-3-8-18-14-7-6-13(12-16)15(11-14)19-10-5-9-17-4-2/h6-7,11H,3-5,8-10,12,16H2,1-2H3. The molecule has 0 heterocycles. The molecule has 19 heavy (non-hydrogen) atoms. The van der Waals surface area contributed by atoms with Crippen LogP contribution in [0.3, 0.4) is 0 Å². The monoisotopic (exact) mass is 267 g/mol. The molecule has 0 atom stereocenters. The first-order valence-corrected chi connectivity index (χ1v) is 6.98. The smallest absolute Gasteiger partial charge is 0.127 e. The summed E-state index contributed by atoms with van der Waals surface area (Å²) in [7, 11) is 0. The topological polar surface area (TPSA) is 53.7 Å². The Morgan fingerprint density at radius 1 is 1.05 bits per heavy atom. The first-order valence-electron chi connectivity index (χ1n) is 6.98. The molecule has 0 amide bonds. The molecular weight excluding hydrogens is 242 g/mol. The van der Waals surface area contributed by atoms with E-state index in [1.54, 1.807) is 0 Å². The van der Waals surface area contributed by atoms with Crippen LogP contribution in [-0.2, 0) is 11.3 Å². The highest BCUT2D eigenvalue weighted by atomic mass is 16.5. The molecule has 0 unspecified atom stereocenters. The van der Waals surface area contributed by atoms with E-state index < -0.39 is 0 Å². The maximum absolute atomic E-state index is 5.76. The van der Waals surface area contributed by atoms with E-state index in [-0.39, 0.29) is 0 Å². The highest BCUT2D eigenvalue weighted by Crippen LogP contribution is 2.25. The van der Waals surface area contributed by atoms with Crippen LogP contribution in [0.2, 0.25) is 0 Å². The van der Waals surface area contributed by atoms with Crippen LogP contribution < -0.4 is 15.2 Å². The molecule has 0 aromatic heterocycles. The van der Waals surface area contributed by atoms with Crippen LogP contribution in [0.5, 0.6) is 11.5 Å². The molecule has 0 saturated heterocycles. The van der Waals surface area contributed by atoms with E-state index in [4.69, 9.17) is 19.9 Å². The normalized spacial score (nSPS) is 10.5. The summed E-state index contributed by atoms with van der Waals surface area (Å²) in [5.74, 6) is 1.64. The summed E-state index contributed by atoms with van der Waals surface area (Å²) in [4.78, 5) is 0. The number of hydrogen-bond acceptors (Lipinski definition) is 4. The summed E-state index contributed by atoms with van der Waals surface area (Å²) < 4.78 is 16.6. The number of rotatable bonds is 10. The molecule has 0 aliphatic carbocycles. The summed E-state index contributed by atoms with van der Waals surface area (Å²) in [5.41, 5.74) is 6.71. The van der Waals surface area contributed by atoms with Gasteiger partial charge in [0.15, 0.2) is 0 Å². The van der Waals surface area contributed by atoms with E-state index in [1.807, 2.05) is 25.1 Å². The summed E-state index contributed by atoms with van der Waals surface area (Å²) in [6, 6.07) is 5.81. The van der Waals surface area contributed by atoms with Crippen molar-refractivity contribution in [1.29, 1.82) is 0 Å². The number of ether oxygens (including phenoxy) is 3. The Morgan fingerprint density at radius 2 is 1.89 bits per heavy atom. The minimum atomic E-state index is 0.467. The van der Waals surface area contributed by atoms with Gasteiger partial charge in [-0.1, -0.05) is 13.0 Å². The highest BCUT2D eigenvalue weighted by molar-refractivity contribution is 5.40. The first-order chi connectivity index (χ1) is 9.31. The average molecular weight is 267 g/mol. The third kappa shape index (κ3) is 5.94. The van der Waals surface area contributed by atoms with E-state index in [1.165, 1.54) is 0 Å². The fourth-order valence-electron chi connectivity index (χ4n) is 1.64. The molecule has 4 heteroatoms. The quantitative estimate of drug-likeness (QED) is 0.662. The maximum Gasteiger partial charge on any atom is 0.127 e. The van der Waals surface area contributed by atoms with Crippen LogP contribution in [0.25, 0.3) is 0 Å². The largest absolute Gasteiger partial charge is 0.493 e. The molecule has 0 fully saturated rings. The van der Waals surface area contributed by atoms with Gasteiger partial charge in [-0.25, -0.2) is 0 Å². The average Bonchev–Trinajstić information content (AvgIpc) is 2.45. The van der Waals surface area contributed by atoms with Crippen molar-refractivity contribution >= 4 is 0 Å². The Kier molecular flexibility index (Phi) is 8.02. The molecular formula is C15H25NO3. The van der Waals surface area contributed by atoms with Crippen LogP contribution in [0, 0.1) is 0 Å². The van der Waals surface area contributed by atoms with Gasteiger partial charge in [-0.2, -0.15) is 0 Å². The number of hydrogen-bond donors (Lipinski definition) is 1. The SMILES string of the molecule is CCCOc1ccc(CN)c(OCCCOCC)c1. The first kappa shape index (κ1) is 15.8. The van der Waals surface area contributed by atoms with Crippen molar-refractivity contribution in [2.24, 2.45) is 5.73 Å². The summed E-state index contributed by atoms with van der Waals surface area (Å²) in [5, 5.41) is 0. The Hall–Kier alpha value is -1.26. The Balaban J connectivity index is 2.52. The highest BCUT2D eigenvalue weighted by Gasteiger charge is 2.05. The minimum Gasteiger partial charge on any atom is -0.493 e. The third-order valence-corrected chi connectivity index (χ3v) is 2.63. The lowest BCUT2D eigenvalue weighted by Gasteiger charge is -2.13. The fourth-order valence-corrected chi connectivity index (χ4v) is 1.64. The van der Waals surface area contributed by atoms with E-state index >= 15 is 0 Å². The molecule has 1 aromatic rings. The van der Waals surface area contributed by atoms with Gasteiger partial charge in [0.05, 0.1) is 13.2 Å². The molecule has 0 saturated carbocycles. The van der Waals surface area contributed by atoms with Crippen LogP contribution >= 0.6 is 0 Å². The van der Waals surface area contributed by atoms with Gasteiger partial charge in [-0.3, -0.25) is 0 Å². The van der Waals surface area contributed by atoms with Crippen molar-refractivity contribution < 1.29 is 14.2 Å². The third-order valence-electron chi connectivity index (χ3n) is 2.63. The van der Waals surface area contributed by atoms with Gasteiger partial charge in [-0.05, 0) is 19.4 Å². The van der Waals surface area contributed by atoms with Crippen LogP contribution in [0.1, 0.15) is 32.3 Å². The zero-order valence-corrected chi connectivity index (χ0v) is 12.0. The Labute approximate surface area is 115 Å².